The first-order valence-corrected chi connectivity index (χ1v) is 10.7. The van der Waals surface area contributed by atoms with Gasteiger partial charge < -0.3 is 10.2 Å². The van der Waals surface area contributed by atoms with Crippen LogP contribution in [-0.2, 0) is 4.79 Å². The fraction of sp³-hybridized carbons (Fsp3) is 0.619. The molecule has 7 nitrogen and oxygen atoms in total. The number of anilines is 2. The lowest BCUT2D eigenvalue weighted by Crippen LogP contribution is -2.31. The largest absolute Gasteiger partial charge is 0.341 e. The Labute approximate surface area is 165 Å². The van der Waals surface area contributed by atoms with E-state index in [2.05, 4.69) is 31.8 Å². The number of carbonyl (C=O) groups is 1. The van der Waals surface area contributed by atoms with E-state index < -0.39 is 0 Å². The van der Waals surface area contributed by atoms with E-state index in [9.17, 15) is 4.79 Å². The van der Waals surface area contributed by atoms with Crippen LogP contribution in [0.5, 0.6) is 0 Å². The van der Waals surface area contributed by atoms with Crippen LogP contribution in [0.3, 0.4) is 0 Å². The molecular formula is C21H28N6O. The number of aromatic nitrogens is 4. The summed E-state index contributed by atoms with van der Waals surface area (Å²) in [4.78, 5) is 24.0. The molecule has 7 heteroatoms. The van der Waals surface area contributed by atoms with Crippen molar-refractivity contribution < 1.29 is 4.79 Å². The zero-order valence-electron chi connectivity index (χ0n) is 16.5. The molecule has 0 radical (unpaired) electrons. The summed E-state index contributed by atoms with van der Waals surface area (Å²) in [5, 5.41) is 7.93. The van der Waals surface area contributed by atoms with Gasteiger partial charge in [-0.1, -0.05) is 12.8 Å². The quantitative estimate of drug-likeness (QED) is 0.881. The maximum atomic E-state index is 12.5. The normalized spacial score (nSPS) is 23.0. The Bertz CT molecular complexity index is 862. The minimum Gasteiger partial charge on any atom is -0.341 e. The second-order valence-corrected chi connectivity index (χ2v) is 8.40. The first-order chi connectivity index (χ1) is 13.7. The zero-order chi connectivity index (χ0) is 19.1. The number of fused-ring (bicyclic) bond motifs is 1. The predicted octanol–water partition coefficient (Wildman–Crippen LogP) is 3.56. The second kappa shape index (κ2) is 7.18. The number of amides is 1. The van der Waals surface area contributed by atoms with Crippen molar-refractivity contribution in [3.8, 4) is 0 Å². The number of rotatable bonds is 3. The first-order valence-electron chi connectivity index (χ1n) is 10.7. The number of hydrogen-bond acceptors (Lipinski definition) is 5. The molecule has 2 aromatic rings. The molecule has 4 heterocycles. The number of piperidine rings is 1. The van der Waals surface area contributed by atoms with Crippen molar-refractivity contribution >= 4 is 17.7 Å². The summed E-state index contributed by atoms with van der Waals surface area (Å²) in [5.41, 5.74) is 3.15. The molecule has 5 rings (SSSR count). The van der Waals surface area contributed by atoms with Crippen LogP contribution in [0.15, 0.2) is 12.4 Å². The van der Waals surface area contributed by atoms with E-state index in [1.807, 2.05) is 12.4 Å². The highest BCUT2D eigenvalue weighted by molar-refractivity contribution is 5.94. The monoisotopic (exact) mass is 380 g/mol. The summed E-state index contributed by atoms with van der Waals surface area (Å²) in [6, 6.07) is 0.402. The number of nitrogens with zero attached hydrogens (tertiary/aromatic N) is 5. The van der Waals surface area contributed by atoms with E-state index in [1.54, 1.807) is 0 Å². The van der Waals surface area contributed by atoms with Gasteiger partial charge in [0, 0.05) is 43.4 Å². The molecule has 1 amide bonds. The van der Waals surface area contributed by atoms with Crippen molar-refractivity contribution in [1.82, 2.24) is 19.7 Å². The third-order valence-corrected chi connectivity index (χ3v) is 6.50. The van der Waals surface area contributed by atoms with E-state index in [0.29, 0.717) is 12.5 Å². The molecule has 2 aliphatic heterocycles. The van der Waals surface area contributed by atoms with Crippen LogP contribution in [0, 0.1) is 6.92 Å². The van der Waals surface area contributed by atoms with Gasteiger partial charge in [-0.15, -0.1) is 0 Å². The first kappa shape index (κ1) is 17.6. The molecule has 1 N–H and O–H groups in total. The van der Waals surface area contributed by atoms with Gasteiger partial charge in [0.05, 0.1) is 11.7 Å². The fourth-order valence-corrected chi connectivity index (χ4v) is 5.04. The molecule has 0 bridgehead atoms. The van der Waals surface area contributed by atoms with E-state index in [4.69, 9.17) is 5.10 Å². The minimum absolute atomic E-state index is 0.0192. The van der Waals surface area contributed by atoms with Crippen molar-refractivity contribution in [2.45, 2.75) is 70.3 Å². The minimum atomic E-state index is -0.0192. The molecule has 1 saturated carbocycles. The maximum absolute atomic E-state index is 12.5. The lowest BCUT2D eigenvalue weighted by atomic mass is 9.87. The van der Waals surface area contributed by atoms with Gasteiger partial charge >= 0.3 is 0 Å². The van der Waals surface area contributed by atoms with Crippen LogP contribution in [0.4, 0.5) is 11.8 Å². The molecule has 0 spiro atoms. The van der Waals surface area contributed by atoms with Gasteiger partial charge in [0.15, 0.2) is 0 Å². The highest BCUT2D eigenvalue weighted by atomic mass is 16.1. The molecule has 1 atom stereocenters. The average molecular weight is 380 g/mol. The number of carbonyl (C=O) groups excluding carboxylic acids is 1. The van der Waals surface area contributed by atoms with Crippen molar-refractivity contribution in [1.29, 1.82) is 0 Å². The summed E-state index contributed by atoms with van der Waals surface area (Å²) >= 11 is 0. The Morgan fingerprint density at radius 1 is 1.04 bits per heavy atom. The number of hydrogen-bond donors (Lipinski definition) is 1. The van der Waals surface area contributed by atoms with Crippen LogP contribution in [0.2, 0.25) is 0 Å². The smallest absolute Gasteiger partial charge is 0.226 e. The Kier molecular flexibility index (Phi) is 4.53. The van der Waals surface area contributed by atoms with Crippen molar-refractivity contribution in [3.05, 3.63) is 29.2 Å². The molecule has 2 aromatic heterocycles. The SMILES string of the molecule is Cc1nn(C2CCCC2)c2c1C(c1cnc(N3CCCCC3)nc1)CC(=O)N2. The average Bonchev–Trinajstić information content (AvgIpc) is 3.36. The van der Waals surface area contributed by atoms with Crippen molar-refractivity contribution in [2.75, 3.05) is 23.3 Å². The second-order valence-electron chi connectivity index (χ2n) is 8.40. The Hall–Kier alpha value is -2.44. The van der Waals surface area contributed by atoms with Gasteiger partial charge in [0.25, 0.3) is 0 Å². The topological polar surface area (TPSA) is 75.9 Å². The lowest BCUT2D eigenvalue weighted by molar-refractivity contribution is -0.116. The van der Waals surface area contributed by atoms with Gasteiger partial charge in [-0.25, -0.2) is 14.6 Å². The molecule has 3 aliphatic rings. The van der Waals surface area contributed by atoms with Crippen LogP contribution < -0.4 is 10.2 Å². The molecule has 2 fully saturated rings. The van der Waals surface area contributed by atoms with Crippen molar-refractivity contribution in [2.24, 2.45) is 0 Å². The predicted molar refractivity (Wildman–Crippen MR) is 108 cm³/mol. The van der Waals surface area contributed by atoms with Crippen LogP contribution in [-0.4, -0.2) is 38.7 Å². The Morgan fingerprint density at radius 2 is 1.75 bits per heavy atom. The lowest BCUT2D eigenvalue weighted by Gasteiger charge is -2.28. The number of aryl methyl sites for hydroxylation is 1. The van der Waals surface area contributed by atoms with E-state index in [0.717, 1.165) is 54.5 Å². The van der Waals surface area contributed by atoms with E-state index >= 15 is 0 Å². The fourth-order valence-electron chi connectivity index (χ4n) is 5.04. The third-order valence-electron chi connectivity index (χ3n) is 6.50. The van der Waals surface area contributed by atoms with Gasteiger partial charge in [-0.3, -0.25) is 4.79 Å². The standard InChI is InChI=1S/C21H28N6O/c1-14-19-17(15-12-22-21(23-13-15)26-9-5-2-6-10-26)11-18(28)24-20(19)27(25-14)16-7-3-4-8-16/h12-13,16-17H,2-11H2,1H3,(H,24,28). The van der Waals surface area contributed by atoms with Gasteiger partial charge in [0.2, 0.25) is 11.9 Å². The van der Waals surface area contributed by atoms with Gasteiger partial charge in [-0.2, -0.15) is 5.10 Å². The van der Waals surface area contributed by atoms with E-state index in [-0.39, 0.29) is 11.8 Å². The summed E-state index contributed by atoms with van der Waals surface area (Å²) < 4.78 is 2.07. The highest BCUT2D eigenvalue weighted by Gasteiger charge is 2.34. The molecule has 1 aliphatic carbocycles. The molecule has 148 valence electrons. The van der Waals surface area contributed by atoms with Gasteiger partial charge in [-0.05, 0) is 44.6 Å². The number of nitrogens with one attached hydrogen (secondary N) is 1. The zero-order valence-corrected chi connectivity index (χ0v) is 16.5. The Morgan fingerprint density at radius 3 is 2.46 bits per heavy atom. The maximum Gasteiger partial charge on any atom is 0.226 e. The molecule has 0 aromatic carbocycles. The van der Waals surface area contributed by atoms with Crippen LogP contribution in [0.25, 0.3) is 0 Å². The van der Waals surface area contributed by atoms with Crippen molar-refractivity contribution in [3.63, 3.8) is 0 Å². The Balaban J connectivity index is 1.47. The van der Waals surface area contributed by atoms with Crippen LogP contribution in [0.1, 0.15) is 80.1 Å². The summed E-state index contributed by atoms with van der Waals surface area (Å²) in [6.45, 7) is 4.11. The summed E-state index contributed by atoms with van der Waals surface area (Å²) in [7, 11) is 0. The molecule has 28 heavy (non-hydrogen) atoms. The molecular weight excluding hydrogens is 352 g/mol. The molecule has 1 unspecified atom stereocenters. The van der Waals surface area contributed by atoms with E-state index in [1.165, 1.54) is 32.1 Å². The summed E-state index contributed by atoms with van der Waals surface area (Å²) in [5.74, 6) is 1.74. The van der Waals surface area contributed by atoms with Gasteiger partial charge in [0.1, 0.15) is 5.82 Å². The highest BCUT2D eigenvalue weighted by Crippen LogP contribution is 2.42. The van der Waals surface area contributed by atoms with Crippen LogP contribution >= 0.6 is 0 Å². The third kappa shape index (κ3) is 3.06. The molecule has 1 saturated heterocycles. The summed E-state index contributed by atoms with van der Waals surface area (Å²) in [6.07, 6.45) is 12.7.